The van der Waals surface area contributed by atoms with E-state index in [0.717, 1.165) is 17.9 Å². The molecule has 1 aromatic rings. The second-order valence-corrected chi connectivity index (χ2v) is 5.04. The maximum Gasteiger partial charge on any atom is 0.310 e. The highest BCUT2D eigenvalue weighted by molar-refractivity contribution is 5.80. The van der Waals surface area contributed by atoms with E-state index in [2.05, 4.69) is 15.6 Å². The second-order valence-electron chi connectivity index (χ2n) is 5.04. The molecule has 6 heteroatoms. The van der Waals surface area contributed by atoms with E-state index in [1.807, 2.05) is 45.0 Å². The predicted molar refractivity (Wildman–Crippen MR) is 91.6 cm³/mol. The molecule has 0 radical (unpaired) electrons. The lowest BCUT2D eigenvalue weighted by Gasteiger charge is -2.15. The summed E-state index contributed by atoms with van der Waals surface area (Å²) in [6, 6.07) is 7.84. The molecular weight excluding hydrogens is 294 g/mol. The number of nitrogens with zero attached hydrogens (tertiary/aromatic N) is 1. The SMILES string of the molecule is CCNC(=NCc1ccccc1OCC)NCC(C)C(=O)OC. The van der Waals surface area contributed by atoms with E-state index in [9.17, 15) is 4.79 Å². The summed E-state index contributed by atoms with van der Waals surface area (Å²) < 4.78 is 10.3. The zero-order valence-corrected chi connectivity index (χ0v) is 14.4. The minimum atomic E-state index is -0.241. The quantitative estimate of drug-likeness (QED) is 0.435. The minimum Gasteiger partial charge on any atom is -0.494 e. The Morgan fingerprint density at radius 1 is 1.26 bits per heavy atom. The zero-order chi connectivity index (χ0) is 17.1. The van der Waals surface area contributed by atoms with Crippen molar-refractivity contribution in [1.29, 1.82) is 0 Å². The summed E-state index contributed by atoms with van der Waals surface area (Å²) in [5, 5.41) is 6.32. The van der Waals surface area contributed by atoms with Gasteiger partial charge in [-0.05, 0) is 19.9 Å². The number of methoxy groups -OCH3 is 1. The molecule has 1 atom stereocenters. The number of ether oxygens (including phenoxy) is 2. The van der Waals surface area contributed by atoms with Gasteiger partial charge in [-0.25, -0.2) is 4.99 Å². The van der Waals surface area contributed by atoms with Gasteiger partial charge in [0.2, 0.25) is 0 Å². The third-order valence-corrected chi connectivity index (χ3v) is 3.20. The number of hydrogen-bond acceptors (Lipinski definition) is 4. The maximum absolute atomic E-state index is 11.4. The van der Waals surface area contributed by atoms with Gasteiger partial charge in [-0.15, -0.1) is 0 Å². The lowest BCUT2D eigenvalue weighted by Crippen LogP contribution is -2.40. The van der Waals surface area contributed by atoms with E-state index in [1.165, 1.54) is 7.11 Å². The van der Waals surface area contributed by atoms with Gasteiger partial charge >= 0.3 is 5.97 Å². The first-order chi connectivity index (χ1) is 11.1. The van der Waals surface area contributed by atoms with Gasteiger partial charge in [-0.1, -0.05) is 25.1 Å². The highest BCUT2D eigenvalue weighted by Crippen LogP contribution is 2.18. The van der Waals surface area contributed by atoms with Gasteiger partial charge in [0.05, 0.1) is 26.2 Å². The van der Waals surface area contributed by atoms with Crippen LogP contribution in [-0.4, -0.2) is 38.7 Å². The van der Waals surface area contributed by atoms with Gasteiger partial charge in [0, 0.05) is 18.7 Å². The van der Waals surface area contributed by atoms with Crippen molar-refractivity contribution in [2.45, 2.75) is 27.3 Å². The number of hydrogen-bond donors (Lipinski definition) is 2. The van der Waals surface area contributed by atoms with Gasteiger partial charge in [-0.3, -0.25) is 4.79 Å². The number of benzene rings is 1. The topological polar surface area (TPSA) is 72.0 Å². The first kappa shape index (κ1) is 18.8. The van der Waals surface area contributed by atoms with Crippen LogP contribution in [0.3, 0.4) is 0 Å². The third-order valence-electron chi connectivity index (χ3n) is 3.20. The molecule has 1 unspecified atom stereocenters. The Bertz CT molecular complexity index is 518. The van der Waals surface area contributed by atoms with Gasteiger partial charge in [0.25, 0.3) is 0 Å². The van der Waals surface area contributed by atoms with Crippen LogP contribution in [0.25, 0.3) is 0 Å². The molecular formula is C17H27N3O3. The molecule has 0 bridgehead atoms. The highest BCUT2D eigenvalue weighted by atomic mass is 16.5. The fraction of sp³-hybridized carbons (Fsp3) is 0.529. The van der Waals surface area contributed by atoms with Crippen LogP contribution in [0.4, 0.5) is 0 Å². The number of carbonyl (C=O) groups is 1. The number of nitrogens with one attached hydrogen (secondary N) is 2. The molecule has 0 aromatic heterocycles. The number of carbonyl (C=O) groups excluding carboxylic acids is 1. The summed E-state index contributed by atoms with van der Waals surface area (Å²) in [7, 11) is 1.39. The van der Waals surface area contributed by atoms with Crippen molar-refractivity contribution < 1.29 is 14.3 Å². The van der Waals surface area contributed by atoms with Gasteiger partial charge in [0.15, 0.2) is 5.96 Å². The smallest absolute Gasteiger partial charge is 0.310 e. The van der Waals surface area contributed by atoms with Crippen molar-refractivity contribution in [2.75, 3.05) is 26.8 Å². The normalized spacial score (nSPS) is 12.4. The van der Waals surface area contributed by atoms with E-state index >= 15 is 0 Å². The summed E-state index contributed by atoms with van der Waals surface area (Å²) in [5.74, 6) is 1.03. The van der Waals surface area contributed by atoms with Crippen LogP contribution in [0, 0.1) is 5.92 Å². The molecule has 1 rings (SSSR count). The summed E-state index contributed by atoms with van der Waals surface area (Å²) in [6.07, 6.45) is 0. The average Bonchev–Trinajstić information content (AvgIpc) is 2.57. The van der Waals surface area contributed by atoms with E-state index in [0.29, 0.717) is 25.7 Å². The summed E-state index contributed by atoms with van der Waals surface area (Å²) >= 11 is 0. The Kier molecular flexibility index (Phi) is 8.57. The minimum absolute atomic E-state index is 0.237. The molecule has 1 aromatic carbocycles. The molecule has 23 heavy (non-hydrogen) atoms. The van der Waals surface area contributed by atoms with Crippen molar-refractivity contribution in [1.82, 2.24) is 10.6 Å². The van der Waals surface area contributed by atoms with Gasteiger partial charge in [0.1, 0.15) is 5.75 Å². The molecule has 0 heterocycles. The van der Waals surface area contributed by atoms with Crippen LogP contribution in [0.15, 0.2) is 29.3 Å². The largest absolute Gasteiger partial charge is 0.494 e. The number of guanidine groups is 1. The Labute approximate surface area is 138 Å². The third kappa shape index (κ3) is 6.59. The van der Waals surface area contributed by atoms with Crippen LogP contribution in [0.1, 0.15) is 26.3 Å². The molecule has 0 amide bonds. The molecule has 0 aliphatic rings. The summed E-state index contributed by atoms with van der Waals surface area (Å²) in [5.41, 5.74) is 1.02. The Hall–Kier alpha value is -2.24. The van der Waals surface area contributed by atoms with E-state index in [1.54, 1.807) is 0 Å². The first-order valence-corrected chi connectivity index (χ1v) is 7.93. The van der Waals surface area contributed by atoms with E-state index in [4.69, 9.17) is 9.47 Å². The van der Waals surface area contributed by atoms with E-state index < -0.39 is 0 Å². The monoisotopic (exact) mass is 321 g/mol. The van der Waals surface area contributed by atoms with Crippen molar-refractivity contribution in [2.24, 2.45) is 10.9 Å². The molecule has 0 spiro atoms. The van der Waals surface area contributed by atoms with Crippen molar-refractivity contribution in [3.05, 3.63) is 29.8 Å². The molecule has 0 fully saturated rings. The molecule has 2 N–H and O–H groups in total. The van der Waals surface area contributed by atoms with Crippen LogP contribution < -0.4 is 15.4 Å². The lowest BCUT2D eigenvalue weighted by atomic mass is 10.2. The van der Waals surface area contributed by atoms with Gasteiger partial charge in [-0.2, -0.15) is 0 Å². The number of rotatable bonds is 8. The van der Waals surface area contributed by atoms with Gasteiger partial charge < -0.3 is 20.1 Å². The highest BCUT2D eigenvalue weighted by Gasteiger charge is 2.13. The molecule has 0 aliphatic heterocycles. The van der Waals surface area contributed by atoms with Crippen molar-refractivity contribution >= 4 is 11.9 Å². The Balaban J connectivity index is 2.70. The molecule has 128 valence electrons. The van der Waals surface area contributed by atoms with Crippen LogP contribution in [-0.2, 0) is 16.1 Å². The number of esters is 1. The van der Waals surface area contributed by atoms with Crippen molar-refractivity contribution in [3.63, 3.8) is 0 Å². The number of aliphatic imine (C=N–C) groups is 1. The molecule has 0 saturated heterocycles. The molecule has 0 aliphatic carbocycles. The average molecular weight is 321 g/mol. The van der Waals surface area contributed by atoms with Crippen LogP contribution >= 0.6 is 0 Å². The Morgan fingerprint density at radius 2 is 2.00 bits per heavy atom. The summed E-state index contributed by atoms with van der Waals surface area (Å²) in [6.45, 7) is 8.09. The van der Waals surface area contributed by atoms with Crippen LogP contribution in [0.5, 0.6) is 5.75 Å². The standard InChI is InChI=1S/C17H27N3O3/c1-5-18-17(19-11-13(3)16(21)22-4)20-12-14-9-7-8-10-15(14)23-6-2/h7-10,13H,5-6,11-12H2,1-4H3,(H2,18,19,20). The zero-order valence-electron chi connectivity index (χ0n) is 14.4. The molecule has 6 nitrogen and oxygen atoms in total. The fourth-order valence-corrected chi connectivity index (χ4v) is 1.97. The van der Waals surface area contributed by atoms with Crippen molar-refractivity contribution in [3.8, 4) is 5.75 Å². The maximum atomic E-state index is 11.4. The second kappa shape index (κ2) is 10.5. The van der Waals surface area contributed by atoms with Crippen LogP contribution in [0.2, 0.25) is 0 Å². The predicted octanol–water partition coefficient (Wildman–Crippen LogP) is 1.95. The van der Waals surface area contributed by atoms with E-state index in [-0.39, 0.29) is 11.9 Å². The first-order valence-electron chi connectivity index (χ1n) is 7.93. The number of para-hydroxylation sites is 1. The molecule has 0 saturated carbocycles. The Morgan fingerprint density at radius 3 is 2.65 bits per heavy atom. The lowest BCUT2D eigenvalue weighted by molar-refractivity contribution is -0.144. The fourth-order valence-electron chi connectivity index (χ4n) is 1.97. The summed E-state index contributed by atoms with van der Waals surface area (Å²) in [4.78, 5) is 16.0.